The molecule has 2 rings (SSSR count). The molecule has 0 saturated carbocycles. The van der Waals surface area contributed by atoms with E-state index in [4.69, 9.17) is 4.74 Å². The predicted octanol–water partition coefficient (Wildman–Crippen LogP) is 1.22. The maximum atomic E-state index is 12.9. The van der Waals surface area contributed by atoms with Crippen LogP contribution in [-0.4, -0.2) is 66.7 Å². The average Bonchev–Trinajstić information content (AvgIpc) is 2.85. The molecule has 0 aliphatic carbocycles. The molecule has 2 aliphatic heterocycles. The molecule has 22 heavy (non-hydrogen) atoms. The van der Waals surface area contributed by atoms with Gasteiger partial charge in [0.2, 0.25) is 15.9 Å². The standard InChI is InChI=1S/C15H28N2O4S/c1-5-9-22(19,20)17-8-6-7-13(17)14(18)16-10-12(2)21-15(3,4)11-16/h12-13H,5-11H2,1-4H3. The highest BCUT2D eigenvalue weighted by molar-refractivity contribution is 7.89. The van der Waals surface area contributed by atoms with Gasteiger partial charge in [0.1, 0.15) is 6.04 Å². The lowest BCUT2D eigenvalue weighted by Gasteiger charge is -2.43. The van der Waals surface area contributed by atoms with Gasteiger partial charge >= 0.3 is 0 Å². The topological polar surface area (TPSA) is 66.9 Å². The first-order valence-corrected chi connectivity index (χ1v) is 9.73. The molecule has 2 fully saturated rings. The molecule has 0 aromatic rings. The number of rotatable bonds is 4. The Morgan fingerprint density at radius 2 is 2.05 bits per heavy atom. The van der Waals surface area contributed by atoms with E-state index < -0.39 is 16.1 Å². The minimum atomic E-state index is -3.33. The number of carbonyl (C=O) groups excluding carboxylic acids is 1. The maximum absolute atomic E-state index is 12.9. The second kappa shape index (κ2) is 6.45. The van der Waals surface area contributed by atoms with Crippen molar-refractivity contribution in [1.29, 1.82) is 0 Å². The zero-order valence-electron chi connectivity index (χ0n) is 14.0. The molecule has 0 radical (unpaired) electrons. The fraction of sp³-hybridized carbons (Fsp3) is 0.933. The number of morpholine rings is 1. The van der Waals surface area contributed by atoms with Crippen molar-refractivity contribution in [3.63, 3.8) is 0 Å². The number of sulfonamides is 1. The number of hydrogen-bond donors (Lipinski definition) is 0. The summed E-state index contributed by atoms with van der Waals surface area (Å²) in [5.74, 6) is 0.0438. The van der Waals surface area contributed by atoms with Crippen LogP contribution in [0.4, 0.5) is 0 Å². The molecule has 2 atom stereocenters. The Hall–Kier alpha value is -0.660. The third kappa shape index (κ3) is 3.81. The first kappa shape index (κ1) is 17.7. The van der Waals surface area contributed by atoms with Gasteiger partial charge in [-0.3, -0.25) is 4.79 Å². The van der Waals surface area contributed by atoms with Crippen molar-refractivity contribution < 1.29 is 17.9 Å². The molecule has 2 unspecified atom stereocenters. The van der Waals surface area contributed by atoms with Gasteiger partial charge in [-0.25, -0.2) is 8.42 Å². The molecule has 0 N–H and O–H groups in total. The van der Waals surface area contributed by atoms with Crippen LogP contribution in [0.25, 0.3) is 0 Å². The smallest absolute Gasteiger partial charge is 0.241 e. The highest BCUT2D eigenvalue weighted by atomic mass is 32.2. The Labute approximate surface area is 133 Å². The largest absolute Gasteiger partial charge is 0.369 e. The van der Waals surface area contributed by atoms with Crippen LogP contribution in [0.15, 0.2) is 0 Å². The van der Waals surface area contributed by atoms with Crippen molar-refractivity contribution >= 4 is 15.9 Å². The lowest BCUT2D eigenvalue weighted by Crippen LogP contribution is -2.58. The van der Waals surface area contributed by atoms with Crippen LogP contribution < -0.4 is 0 Å². The molecule has 0 bridgehead atoms. The van der Waals surface area contributed by atoms with E-state index in [0.717, 1.165) is 6.42 Å². The highest BCUT2D eigenvalue weighted by Gasteiger charge is 2.42. The van der Waals surface area contributed by atoms with Crippen LogP contribution in [0.5, 0.6) is 0 Å². The lowest BCUT2D eigenvalue weighted by atomic mass is 10.0. The van der Waals surface area contributed by atoms with Crippen molar-refractivity contribution in [1.82, 2.24) is 9.21 Å². The van der Waals surface area contributed by atoms with Crippen LogP contribution in [0.2, 0.25) is 0 Å². The van der Waals surface area contributed by atoms with Crippen molar-refractivity contribution in [2.45, 2.75) is 64.7 Å². The summed E-state index contributed by atoms with van der Waals surface area (Å²) in [5.41, 5.74) is -0.390. The number of hydrogen-bond acceptors (Lipinski definition) is 4. The van der Waals surface area contributed by atoms with E-state index in [1.54, 1.807) is 4.90 Å². The molecule has 2 heterocycles. The monoisotopic (exact) mass is 332 g/mol. The van der Waals surface area contributed by atoms with E-state index in [-0.39, 0.29) is 23.4 Å². The Morgan fingerprint density at radius 1 is 1.36 bits per heavy atom. The quantitative estimate of drug-likeness (QED) is 0.776. The van der Waals surface area contributed by atoms with Crippen LogP contribution >= 0.6 is 0 Å². The van der Waals surface area contributed by atoms with Crippen molar-refractivity contribution in [3.05, 3.63) is 0 Å². The first-order valence-electron chi connectivity index (χ1n) is 8.12. The number of ether oxygens (including phenoxy) is 1. The minimum Gasteiger partial charge on any atom is -0.369 e. The van der Waals surface area contributed by atoms with Gasteiger partial charge in [-0.05, 0) is 40.0 Å². The summed E-state index contributed by atoms with van der Waals surface area (Å²) < 4.78 is 32.0. The third-order valence-electron chi connectivity index (χ3n) is 4.19. The van der Waals surface area contributed by atoms with Gasteiger partial charge in [0.05, 0.1) is 17.5 Å². The second-order valence-corrected chi connectivity index (χ2v) is 9.03. The molecule has 0 spiro atoms. The number of nitrogens with zero attached hydrogens (tertiary/aromatic N) is 2. The van der Waals surface area contributed by atoms with Crippen LogP contribution in [0.1, 0.15) is 47.0 Å². The molecule has 2 saturated heterocycles. The Kier molecular flexibility index (Phi) is 5.19. The highest BCUT2D eigenvalue weighted by Crippen LogP contribution is 2.27. The molecule has 6 nitrogen and oxygen atoms in total. The summed E-state index contributed by atoms with van der Waals surface area (Å²) in [6.45, 7) is 9.21. The Balaban J connectivity index is 2.14. The molecule has 7 heteroatoms. The first-order chi connectivity index (χ1) is 10.2. The molecular formula is C15H28N2O4S. The van der Waals surface area contributed by atoms with Gasteiger partial charge in [-0.1, -0.05) is 6.92 Å². The molecule has 1 amide bonds. The van der Waals surface area contributed by atoms with E-state index in [9.17, 15) is 13.2 Å². The Morgan fingerprint density at radius 3 is 2.64 bits per heavy atom. The summed E-state index contributed by atoms with van der Waals surface area (Å²) in [7, 11) is -3.33. The Bertz CT molecular complexity index is 518. The van der Waals surface area contributed by atoms with E-state index in [2.05, 4.69) is 0 Å². The predicted molar refractivity (Wildman–Crippen MR) is 85.0 cm³/mol. The van der Waals surface area contributed by atoms with Gasteiger partial charge in [-0.15, -0.1) is 0 Å². The fourth-order valence-corrected chi connectivity index (χ4v) is 5.27. The zero-order chi connectivity index (χ0) is 16.5. The third-order valence-corrected chi connectivity index (χ3v) is 6.26. The number of carbonyl (C=O) groups is 1. The van der Waals surface area contributed by atoms with Crippen molar-refractivity contribution in [2.75, 3.05) is 25.4 Å². The summed E-state index contributed by atoms with van der Waals surface area (Å²) >= 11 is 0. The van der Waals surface area contributed by atoms with E-state index >= 15 is 0 Å². The SMILES string of the molecule is CCCS(=O)(=O)N1CCCC1C(=O)N1CC(C)OC(C)(C)C1. The molecular weight excluding hydrogens is 304 g/mol. The summed E-state index contributed by atoms with van der Waals surface area (Å²) in [6, 6.07) is -0.530. The van der Waals surface area contributed by atoms with Gasteiger partial charge in [0, 0.05) is 19.6 Å². The molecule has 128 valence electrons. The maximum Gasteiger partial charge on any atom is 0.241 e. The molecule has 0 aromatic carbocycles. The van der Waals surface area contributed by atoms with E-state index in [1.807, 2.05) is 27.7 Å². The number of amides is 1. The minimum absolute atomic E-state index is 0.0326. The second-order valence-electron chi connectivity index (χ2n) is 6.99. The van der Waals surface area contributed by atoms with Crippen LogP contribution in [0, 0.1) is 0 Å². The molecule has 2 aliphatic rings. The summed E-state index contributed by atoms with van der Waals surface area (Å²) in [4.78, 5) is 14.6. The van der Waals surface area contributed by atoms with Crippen molar-refractivity contribution in [3.8, 4) is 0 Å². The van der Waals surface area contributed by atoms with E-state index in [1.165, 1.54) is 4.31 Å². The van der Waals surface area contributed by atoms with Gasteiger partial charge in [0.15, 0.2) is 0 Å². The average molecular weight is 332 g/mol. The molecule has 0 aromatic heterocycles. The summed E-state index contributed by atoms with van der Waals surface area (Å²) in [5, 5.41) is 0. The van der Waals surface area contributed by atoms with Gasteiger partial charge in [-0.2, -0.15) is 4.31 Å². The normalized spacial score (nSPS) is 29.7. The lowest BCUT2D eigenvalue weighted by molar-refractivity contribution is -0.160. The van der Waals surface area contributed by atoms with Gasteiger partial charge in [0.25, 0.3) is 0 Å². The van der Waals surface area contributed by atoms with Gasteiger partial charge < -0.3 is 9.64 Å². The van der Waals surface area contributed by atoms with E-state index in [0.29, 0.717) is 32.5 Å². The fourth-order valence-electron chi connectivity index (χ4n) is 3.53. The van der Waals surface area contributed by atoms with Crippen LogP contribution in [0.3, 0.4) is 0 Å². The zero-order valence-corrected chi connectivity index (χ0v) is 14.9. The van der Waals surface area contributed by atoms with Crippen LogP contribution in [-0.2, 0) is 19.6 Å². The summed E-state index contributed by atoms with van der Waals surface area (Å²) in [6.07, 6.45) is 1.91. The van der Waals surface area contributed by atoms with Crippen molar-refractivity contribution in [2.24, 2.45) is 0 Å².